The Bertz CT molecular complexity index is 230. The van der Waals surface area contributed by atoms with E-state index >= 15 is 0 Å². The van der Waals surface area contributed by atoms with Gasteiger partial charge in [-0.2, -0.15) is 0 Å². The zero-order valence-corrected chi connectivity index (χ0v) is 7.98. The molecule has 3 heteroatoms. The molecular formula is C8H14N2S. The maximum Gasteiger partial charge on any atom is 0.110 e. The molecule has 0 saturated heterocycles. The largest absolute Gasteiger partial charge is 0.322 e. The van der Waals surface area contributed by atoms with Crippen LogP contribution in [-0.2, 0) is 0 Å². The minimum atomic E-state index is 0.105. The van der Waals surface area contributed by atoms with Crippen LogP contribution in [0.5, 0.6) is 0 Å². The van der Waals surface area contributed by atoms with Crippen molar-refractivity contribution >= 4 is 11.3 Å². The van der Waals surface area contributed by atoms with Gasteiger partial charge in [0.15, 0.2) is 0 Å². The van der Waals surface area contributed by atoms with Gasteiger partial charge in [0.1, 0.15) is 5.01 Å². The van der Waals surface area contributed by atoms with Crippen LogP contribution in [0.1, 0.15) is 30.6 Å². The highest BCUT2D eigenvalue weighted by atomic mass is 32.1. The summed E-state index contributed by atoms with van der Waals surface area (Å²) >= 11 is 1.65. The van der Waals surface area contributed by atoms with Crippen LogP contribution in [0.4, 0.5) is 0 Å². The standard InChI is InChI=1S/C8H14N2S/c1-5(2)7(9)8-10-6(3)4-11-8/h4-5,7H,9H2,1-3H3. The first-order valence-electron chi connectivity index (χ1n) is 3.79. The summed E-state index contributed by atoms with van der Waals surface area (Å²) in [6, 6.07) is 0.105. The van der Waals surface area contributed by atoms with Crippen molar-refractivity contribution in [2.75, 3.05) is 0 Å². The number of aromatic nitrogens is 1. The van der Waals surface area contributed by atoms with Crippen LogP contribution in [0.3, 0.4) is 0 Å². The molecule has 0 aliphatic carbocycles. The maximum absolute atomic E-state index is 5.90. The summed E-state index contributed by atoms with van der Waals surface area (Å²) in [6.45, 7) is 6.22. The van der Waals surface area contributed by atoms with Gasteiger partial charge in [-0.05, 0) is 12.8 Å². The van der Waals surface area contributed by atoms with Gasteiger partial charge in [-0.15, -0.1) is 11.3 Å². The second kappa shape index (κ2) is 3.32. The third kappa shape index (κ3) is 2.01. The van der Waals surface area contributed by atoms with E-state index in [4.69, 9.17) is 5.73 Å². The molecule has 0 aliphatic heterocycles. The van der Waals surface area contributed by atoms with Gasteiger partial charge in [0.25, 0.3) is 0 Å². The lowest BCUT2D eigenvalue weighted by atomic mass is 10.1. The molecule has 0 aromatic carbocycles. The van der Waals surface area contributed by atoms with Gasteiger partial charge in [-0.3, -0.25) is 0 Å². The van der Waals surface area contributed by atoms with Crippen molar-refractivity contribution in [2.24, 2.45) is 11.7 Å². The minimum absolute atomic E-state index is 0.105. The summed E-state index contributed by atoms with van der Waals surface area (Å²) in [5, 5.41) is 3.09. The Morgan fingerprint density at radius 3 is 2.55 bits per heavy atom. The maximum atomic E-state index is 5.90. The van der Waals surface area contributed by atoms with Gasteiger partial charge in [-0.25, -0.2) is 4.98 Å². The lowest BCUT2D eigenvalue weighted by molar-refractivity contribution is 0.511. The quantitative estimate of drug-likeness (QED) is 0.738. The molecule has 1 aromatic rings. The lowest BCUT2D eigenvalue weighted by Crippen LogP contribution is -2.16. The van der Waals surface area contributed by atoms with Gasteiger partial charge >= 0.3 is 0 Å². The first-order valence-corrected chi connectivity index (χ1v) is 4.67. The molecule has 0 saturated carbocycles. The fourth-order valence-electron chi connectivity index (χ4n) is 0.810. The number of thiazole rings is 1. The zero-order valence-electron chi connectivity index (χ0n) is 7.16. The average Bonchev–Trinajstić information content (AvgIpc) is 2.34. The first-order chi connectivity index (χ1) is 5.11. The van der Waals surface area contributed by atoms with Gasteiger partial charge < -0.3 is 5.73 Å². The van der Waals surface area contributed by atoms with Crippen molar-refractivity contribution in [1.82, 2.24) is 4.98 Å². The van der Waals surface area contributed by atoms with Crippen LogP contribution in [0.25, 0.3) is 0 Å². The Labute approximate surface area is 71.5 Å². The second-order valence-electron chi connectivity index (χ2n) is 3.10. The fourth-order valence-corrected chi connectivity index (χ4v) is 1.78. The highest BCUT2D eigenvalue weighted by Gasteiger charge is 2.12. The Morgan fingerprint density at radius 2 is 2.18 bits per heavy atom. The minimum Gasteiger partial charge on any atom is -0.322 e. The van der Waals surface area contributed by atoms with Crippen molar-refractivity contribution in [3.05, 3.63) is 16.1 Å². The highest BCUT2D eigenvalue weighted by molar-refractivity contribution is 7.09. The smallest absolute Gasteiger partial charge is 0.110 e. The summed E-state index contributed by atoms with van der Waals surface area (Å²) in [6.07, 6.45) is 0. The average molecular weight is 170 g/mol. The molecule has 1 heterocycles. The van der Waals surface area contributed by atoms with Gasteiger partial charge in [0.2, 0.25) is 0 Å². The topological polar surface area (TPSA) is 38.9 Å². The number of hydrogen-bond donors (Lipinski definition) is 1. The molecule has 1 rings (SSSR count). The lowest BCUT2D eigenvalue weighted by Gasteiger charge is -2.11. The summed E-state index contributed by atoms with van der Waals surface area (Å²) in [4.78, 5) is 4.33. The van der Waals surface area contributed by atoms with E-state index in [0.29, 0.717) is 5.92 Å². The Hall–Kier alpha value is -0.410. The molecule has 1 atom stereocenters. The Balaban J connectivity index is 2.76. The van der Waals surface area contributed by atoms with Crippen molar-refractivity contribution < 1.29 is 0 Å². The normalized spacial score (nSPS) is 13.9. The fraction of sp³-hybridized carbons (Fsp3) is 0.625. The van der Waals surface area contributed by atoms with E-state index in [1.54, 1.807) is 11.3 Å². The van der Waals surface area contributed by atoms with E-state index in [1.807, 2.05) is 12.3 Å². The molecular weight excluding hydrogens is 156 g/mol. The molecule has 62 valence electrons. The van der Waals surface area contributed by atoms with E-state index in [9.17, 15) is 0 Å². The molecule has 2 N–H and O–H groups in total. The predicted molar refractivity (Wildman–Crippen MR) is 48.6 cm³/mol. The molecule has 2 nitrogen and oxygen atoms in total. The van der Waals surface area contributed by atoms with Gasteiger partial charge in [0, 0.05) is 11.1 Å². The van der Waals surface area contributed by atoms with Crippen molar-refractivity contribution in [3.8, 4) is 0 Å². The van der Waals surface area contributed by atoms with Gasteiger partial charge in [-0.1, -0.05) is 13.8 Å². The Kier molecular flexibility index (Phi) is 2.62. The van der Waals surface area contributed by atoms with E-state index in [1.165, 1.54) is 0 Å². The predicted octanol–water partition coefficient (Wildman–Crippen LogP) is 2.11. The molecule has 1 aromatic heterocycles. The zero-order chi connectivity index (χ0) is 8.43. The summed E-state index contributed by atoms with van der Waals surface area (Å²) in [5.74, 6) is 0.473. The monoisotopic (exact) mass is 170 g/mol. The van der Waals surface area contributed by atoms with Gasteiger partial charge in [0.05, 0.1) is 6.04 Å². The van der Waals surface area contributed by atoms with E-state index in [0.717, 1.165) is 10.7 Å². The summed E-state index contributed by atoms with van der Waals surface area (Å²) in [5.41, 5.74) is 6.97. The van der Waals surface area contributed by atoms with E-state index < -0.39 is 0 Å². The number of aryl methyl sites for hydroxylation is 1. The molecule has 0 amide bonds. The number of hydrogen-bond acceptors (Lipinski definition) is 3. The van der Waals surface area contributed by atoms with Crippen LogP contribution >= 0.6 is 11.3 Å². The molecule has 0 spiro atoms. The van der Waals surface area contributed by atoms with Crippen molar-refractivity contribution in [1.29, 1.82) is 0 Å². The molecule has 0 radical (unpaired) electrons. The number of rotatable bonds is 2. The highest BCUT2D eigenvalue weighted by Crippen LogP contribution is 2.21. The third-order valence-electron chi connectivity index (χ3n) is 1.64. The van der Waals surface area contributed by atoms with Crippen LogP contribution < -0.4 is 5.73 Å². The molecule has 11 heavy (non-hydrogen) atoms. The number of nitrogens with zero attached hydrogens (tertiary/aromatic N) is 1. The molecule has 0 fully saturated rings. The van der Waals surface area contributed by atoms with E-state index in [2.05, 4.69) is 18.8 Å². The van der Waals surface area contributed by atoms with Crippen LogP contribution in [0.15, 0.2) is 5.38 Å². The molecule has 0 aliphatic rings. The molecule has 1 unspecified atom stereocenters. The van der Waals surface area contributed by atoms with Crippen LogP contribution in [0, 0.1) is 12.8 Å². The van der Waals surface area contributed by atoms with Crippen molar-refractivity contribution in [3.63, 3.8) is 0 Å². The second-order valence-corrected chi connectivity index (χ2v) is 3.99. The molecule has 0 bridgehead atoms. The number of nitrogens with two attached hydrogens (primary N) is 1. The van der Waals surface area contributed by atoms with E-state index in [-0.39, 0.29) is 6.04 Å². The summed E-state index contributed by atoms with van der Waals surface area (Å²) in [7, 11) is 0. The SMILES string of the molecule is Cc1csc(C(N)C(C)C)n1. The third-order valence-corrected chi connectivity index (χ3v) is 2.70. The Morgan fingerprint density at radius 1 is 1.55 bits per heavy atom. The van der Waals surface area contributed by atoms with Crippen molar-refractivity contribution in [2.45, 2.75) is 26.8 Å². The first kappa shape index (κ1) is 8.68. The van der Waals surface area contributed by atoms with Crippen LogP contribution in [-0.4, -0.2) is 4.98 Å². The summed E-state index contributed by atoms with van der Waals surface area (Å²) < 4.78 is 0. The van der Waals surface area contributed by atoms with Crippen LogP contribution in [0.2, 0.25) is 0 Å².